The van der Waals surface area contributed by atoms with Crippen LogP contribution >= 0.6 is 0 Å². The number of hydrogen-bond acceptors (Lipinski definition) is 5. The molecule has 4 N–H and O–H groups in total. The van der Waals surface area contributed by atoms with Gasteiger partial charge in [-0.3, -0.25) is 4.79 Å². The lowest BCUT2D eigenvalue weighted by molar-refractivity contribution is -0.132. The van der Waals surface area contributed by atoms with Crippen LogP contribution in [0, 0.1) is 5.41 Å². The number of amidine groups is 1. The minimum atomic E-state index is -0.996. The van der Waals surface area contributed by atoms with Crippen LogP contribution in [0.25, 0.3) is 0 Å². The maximum atomic E-state index is 12.6. The number of nitrogens with zero attached hydrogens (tertiary/aromatic N) is 1. The van der Waals surface area contributed by atoms with Crippen LogP contribution in [-0.2, 0) is 16.0 Å². The number of nitrogens with one attached hydrogen (secondary N) is 1. The van der Waals surface area contributed by atoms with E-state index in [-0.39, 0.29) is 17.8 Å². The fourth-order valence-corrected chi connectivity index (χ4v) is 2.56. The number of nitrogens with two attached hydrogens (primary N) is 1. The third-order valence-electron chi connectivity index (χ3n) is 3.84. The average molecular weight is 295 g/mol. The Morgan fingerprint density at radius 1 is 1.57 bits per heavy atom. The van der Waals surface area contributed by atoms with Gasteiger partial charge in [0.1, 0.15) is 11.2 Å². The highest BCUT2D eigenvalue weighted by atomic mass is 16.5. The number of carbonyl (C=O) groups is 1. The second-order valence-corrected chi connectivity index (χ2v) is 5.34. The molecule has 0 radical (unpaired) electrons. The second kappa shape index (κ2) is 6.62. The third kappa shape index (κ3) is 3.36. The molecule has 1 fully saturated rings. The third-order valence-corrected chi connectivity index (χ3v) is 3.84. The van der Waals surface area contributed by atoms with Gasteiger partial charge in [0, 0.05) is 25.7 Å². The first-order valence-electron chi connectivity index (χ1n) is 6.97. The van der Waals surface area contributed by atoms with Crippen molar-refractivity contribution < 1.29 is 19.2 Å². The normalized spacial score (nSPS) is 20.0. The van der Waals surface area contributed by atoms with E-state index < -0.39 is 5.41 Å². The fourth-order valence-electron chi connectivity index (χ4n) is 2.56. The van der Waals surface area contributed by atoms with Gasteiger partial charge in [-0.05, 0) is 31.9 Å². The molecule has 0 spiro atoms. The zero-order chi connectivity index (χ0) is 15.3. The van der Waals surface area contributed by atoms with Crippen LogP contribution in [-0.4, -0.2) is 36.2 Å². The van der Waals surface area contributed by atoms with Crippen molar-refractivity contribution in [2.75, 3.05) is 13.2 Å². The highest BCUT2D eigenvalue weighted by Gasteiger charge is 2.44. The number of ether oxygens (including phenoxy) is 1. The van der Waals surface area contributed by atoms with Crippen LogP contribution in [0.5, 0.6) is 0 Å². The summed E-state index contributed by atoms with van der Waals surface area (Å²) in [6.07, 6.45) is 2.99. The SMILES string of the molecule is CC(Cc1ccco1)NC(=O)C1(C(N)=NO)CCOCC1. The van der Waals surface area contributed by atoms with Crippen molar-refractivity contribution in [3.8, 4) is 0 Å². The standard InChI is InChI=1S/C14H21N3O4/c1-10(9-11-3-2-6-21-11)16-13(18)14(12(15)17-19)4-7-20-8-5-14/h2-3,6,10,19H,4-5,7-9H2,1H3,(H2,15,17)(H,16,18). The first-order chi connectivity index (χ1) is 10.1. The van der Waals surface area contributed by atoms with Crippen LogP contribution in [0.4, 0.5) is 0 Å². The van der Waals surface area contributed by atoms with Crippen molar-refractivity contribution in [3.05, 3.63) is 24.2 Å². The van der Waals surface area contributed by atoms with Gasteiger partial charge in [-0.1, -0.05) is 5.16 Å². The Bertz CT molecular complexity index is 492. The van der Waals surface area contributed by atoms with Gasteiger partial charge >= 0.3 is 0 Å². The van der Waals surface area contributed by atoms with Gasteiger partial charge < -0.3 is 25.4 Å². The molecule has 7 heteroatoms. The van der Waals surface area contributed by atoms with Crippen LogP contribution < -0.4 is 11.1 Å². The Kier molecular flexibility index (Phi) is 4.85. The van der Waals surface area contributed by atoms with E-state index in [0.717, 1.165) is 5.76 Å². The molecule has 0 bridgehead atoms. The lowest BCUT2D eigenvalue weighted by Gasteiger charge is -2.35. The minimum absolute atomic E-state index is 0.0616. The van der Waals surface area contributed by atoms with Crippen molar-refractivity contribution >= 4 is 11.7 Å². The molecule has 7 nitrogen and oxygen atoms in total. The van der Waals surface area contributed by atoms with Crippen LogP contribution in [0.1, 0.15) is 25.5 Å². The van der Waals surface area contributed by atoms with Gasteiger partial charge in [-0.2, -0.15) is 0 Å². The van der Waals surface area contributed by atoms with Gasteiger partial charge in [-0.25, -0.2) is 0 Å². The molecule has 0 aliphatic carbocycles. The highest BCUT2D eigenvalue weighted by molar-refractivity contribution is 6.06. The van der Waals surface area contributed by atoms with E-state index in [0.29, 0.717) is 32.5 Å². The Hall–Kier alpha value is -2.02. The van der Waals surface area contributed by atoms with Crippen molar-refractivity contribution in [3.63, 3.8) is 0 Å². The molecular formula is C14H21N3O4. The summed E-state index contributed by atoms with van der Waals surface area (Å²) < 4.78 is 10.5. The molecule has 21 heavy (non-hydrogen) atoms. The lowest BCUT2D eigenvalue weighted by Crippen LogP contribution is -2.54. The number of rotatable bonds is 5. The Labute approximate surface area is 123 Å². The smallest absolute Gasteiger partial charge is 0.234 e. The molecule has 1 aromatic heterocycles. The zero-order valence-electron chi connectivity index (χ0n) is 12.0. The summed E-state index contributed by atoms with van der Waals surface area (Å²) in [5.74, 6) is 0.501. The fraction of sp³-hybridized carbons (Fsp3) is 0.571. The van der Waals surface area contributed by atoms with Crippen LogP contribution in [0.2, 0.25) is 0 Å². The highest BCUT2D eigenvalue weighted by Crippen LogP contribution is 2.31. The zero-order valence-corrected chi connectivity index (χ0v) is 12.0. The van der Waals surface area contributed by atoms with E-state index in [2.05, 4.69) is 10.5 Å². The predicted molar refractivity (Wildman–Crippen MR) is 75.9 cm³/mol. The minimum Gasteiger partial charge on any atom is -0.469 e. The largest absolute Gasteiger partial charge is 0.469 e. The Morgan fingerprint density at radius 2 is 2.29 bits per heavy atom. The first kappa shape index (κ1) is 15.4. The molecule has 2 rings (SSSR count). The molecule has 116 valence electrons. The molecule has 0 saturated carbocycles. The predicted octanol–water partition coefficient (Wildman–Crippen LogP) is 0.870. The summed E-state index contributed by atoms with van der Waals surface area (Å²) in [4.78, 5) is 12.6. The monoisotopic (exact) mass is 295 g/mol. The summed E-state index contributed by atoms with van der Waals surface area (Å²) in [6.45, 7) is 2.71. The van der Waals surface area contributed by atoms with Crippen molar-refractivity contribution in [2.45, 2.75) is 32.2 Å². The van der Waals surface area contributed by atoms with E-state index in [1.165, 1.54) is 0 Å². The van der Waals surface area contributed by atoms with Gasteiger partial charge in [0.05, 0.1) is 6.26 Å². The van der Waals surface area contributed by atoms with Crippen LogP contribution in [0.3, 0.4) is 0 Å². The molecule has 1 aliphatic rings. The number of hydrogen-bond donors (Lipinski definition) is 3. The van der Waals surface area contributed by atoms with Crippen LogP contribution in [0.15, 0.2) is 28.0 Å². The maximum absolute atomic E-state index is 12.6. The number of carbonyl (C=O) groups excluding carboxylic acids is 1. The molecule has 1 aliphatic heterocycles. The molecule has 1 atom stereocenters. The summed E-state index contributed by atoms with van der Waals surface area (Å²) in [5.41, 5.74) is 4.76. The first-order valence-corrected chi connectivity index (χ1v) is 6.97. The van der Waals surface area contributed by atoms with Gasteiger partial charge in [0.2, 0.25) is 5.91 Å². The number of amides is 1. The van der Waals surface area contributed by atoms with E-state index in [1.54, 1.807) is 12.3 Å². The maximum Gasteiger partial charge on any atom is 0.234 e. The average Bonchev–Trinajstić information content (AvgIpc) is 2.99. The van der Waals surface area contributed by atoms with E-state index in [1.807, 2.05) is 13.0 Å². The molecule has 1 amide bonds. The van der Waals surface area contributed by atoms with E-state index in [4.69, 9.17) is 20.1 Å². The summed E-state index contributed by atoms with van der Waals surface area (Å²) in [7, 11) is 0. The quantitative estimate of drug-likeness (QED) is 0.323. The Morgan fingerprint density at radius 3 is 2.86 bits per heavy atom. The molecule has 0 aromatic carbocycles. The molecule has 1 aromatic rings. The molecule has 1 unspecified atom stereocenters. The van der Waals surface area contributed by atoms with Gasteiger partial charge in [0.15, 0.2) is 5.84 Å². The van der Waals surface area contributed by atoms with Crippen molar-refractivity contribution in [2.24, 2.45) is 16.3 Å². The Balaban J connectivity index is 2.04. The van der Waals surface area contributed by atoms with E-state index >= 15 is 0 Å². The van der Waals surface area contributed by atoms with Crippen molar-refractivity contribution in [1.29, 1.82) is 0 Å². The second-order valence-electron chi connectivity index (χ2n) is 5.34. The lowest BCUT2D eigenvalue weighted by atomic mass is 9.78. The van der Waals surface area contributed by atoms with Crippen molar-refractivity contribution in [1.82, 2.24) is 5.32 Å². The van der Waals surface area contributed by atoms with Gasteiger partial charge in [-0.15, -0.1) is 0 Å². The summed E-state index contributed by atoms with van der Waals surface area (Å²) in [6, 6.07) is 3.55. The topological polar surface area (TPSA) is 110 Å². The van der Waals surface area contributed by atoms with Gasteiger partial charge in [0.25, 0.3) is 0 Å². The summed E-state index contributed by atoms with van der Waals surface area (Å²) in [5, 5.41) is 14.9. The summed E-state index contributed by atoms with van der Waals surface area (Å²) >= 11 is 0. The molecule has 2 heterocycles. The molecule has 1 saturated heterocycles. The van der Waals surface area contributed by atoms with E-state index in [9.17, 15) is 4.79 Å². The number of furan rings is 1. The number of oxime groups is 1. The molecular weight excluding hydrogens is 274 g/mol.